The molecule has 11 heavy (non-hydrogen) atoms. The number of nitrogens with zero attached hydrogens (tertiary/aromatic N) is 1. The van der Waals surface area contributed by atoms with Crippen molar-refractivity contribution >= 4 is 12.4 Å². The highest BCUT2D eigenvalue weighted by atomic mass is 35.5. The quantitative estimate of drug-likeness (QED) is 0.685. The Hall–Kier alpha value is 0.140. The fraction of sp³-hybridized carbons (Fsp3) is 1.00. The monoisotopic (exact) mass is 182 g/mol. The van der Waals surface area contributed by atoms with Crippen LogP contribution in [0.2, 0.25) is 0 Å². The molecule has 0 spiro atoms. The molecule has 2 N–H and O–H groups in total. The molecule has 4 heteroatoms. The molecule has 0 unspecified atom stereocenters. The van der Waals surface area contributed by atoms with Gasteiger partial charge < -0.3 is 5.73 Å². The summed E-state index contributed by atoms with van der Waals surface area (Å²) in [5, 5.41) is 0. The van der Waals surface area contributed by atoms with Crippen molar-refractivity contribution in [3.63, 3.8) is 0 Å². The number of hydrogen-bond donors (Lipinski definition) is 1. The first kappa shape index (κ1) is 11.1. The molecule has 1 aliphatic rings. The lowest BCUT2D eigenvalue weighted by Gasteiger charge is -2.19. The van der Waals surface area contributed by atoms with Gasteiger partial charge in [0.15, 0.2) is 0 Å². The second-order valence-corrected chi connectivity index (χ2v) is 2.81. The third-order valence-electron chi connectivity index (χ3n) is 2.16. The van der Waals surface area contributed by atoms with Crippen LogP contribution in [0.25, 0.3) is 0 Å². The molecular formula is C7H16ClFN2. The van der Waals surface area contributed by atoms with Gasteiger partial charge in [0, 0.05) is 19.1 Å². The maximum atomic E-state index is 12.7. The molecule has 1 heterocycles. The molecule has 2 atom stereocenters. The number of rotatable bonds is 2. The fourth-order valence-corrected chi connectivity index (χ4v) is 1.55. The average molecular weight is 183 g/mol. The van der Waals surface area contributed by atoms with Gasteiger partial charge in [-0.05, 0) is 13.0 Å². The molecule has 0 aliphatic carbocycles. The van der Waals surface area contributed by atoms with E-state index in [2.05, 4.69) is 4.90 Å². The number of halogens is 2. The summed E-state index contributed by atoms with van der Waals surface area (Å²) < 4.78 is 12.7. The van der Waals surface area contributed by atoms with E-state index in [4.69, 9.17) is 5.73 Å². The molecule has 1 saturated heterocycles. The maximum absolute atomic E-state index is 12.7. The van der Waals surface area contributed by atoms with Crippen molar-refractivity contribution in [2.24, 2.45) is 5.73 Å². The summed E-state index contributed by atoms with van der Waals surface area (Å²) in [6, 6.07) is 0.292. The van der Waals surface area contributed by atoms with E-state index in [0.29, 0.717) is 25.6 Å². The van der Waals surface area contributed by atoms with E-state index < -0.39 is 6.17 Å². The van der Waals surface area contributed by atoms with Crippen molar-refractivity contribution in [1.29, 1.82) is 0 Å². The standard InChI is InChI=1S/C7H15FN2.ClH/c1-2-10-5-6(8)3-7(10)4-9;/h6-7H,2-5,9H2,1H3;1H/t6-,7+;/m1./s1. The molecule has 0 saturated carbocycles. The SMILES string of the molecule is CCN1C[C@H](F)C[C@H]1CN.Cl. The summed E-state index contributed by atoms with van der Waals surface area (Å²) >= 11 is 0. The highest BCUT2D eigenvalue weighted by Crippen LogP contribution is 2.18. The van der Waals surface area contributed by atoms with Gasteiger partial charge in [-0.15, -0.1) is 12.4 Å². The number of nitrogens with two attached hydrogens (primary N) is 1. The van der Waals surface area contributed by atoms with E-state index in [0.717, 1.165) is 6.54 Å². The molecular weight excluding hydrogens is 167 g/mol. The van der Waals surface area contributed by atoms with Crippen LogP contribution >= 0.6 is 12.4 Å². The van der Waals surface area contributed by atoms with Crippen LogP contribution in [-0.2, 0) is 0 Å². The van der Waals surface area contributed by atoms with Gasteiger partial charge in [-0.25, -0.2) is 4.39 Å². The Kier molecular flexibility index (Phi) is 4.97. The van der Waals surface area contributed by atoms with E-state index >= 15 is 0 Å². The van der Waals surface area contributed by atoms with Gasteiger partial charge in [-0.2, -0.15) is 0 Å². The molecule has 68 valence electrons. The number of alkyl halides is 1. The van der Waals surface area contributed by atoms with E-state index in [1.807, 2.05) is 6.92 Å². The van der Waals surface area contributed by atoms with Crippen molar-refractivity contribution < 1.29 is 4.39 Å². The first-order chi connectivity index (χ1) is 4.77. The Morgan fingerprint density at radius 2 is 2.27 bits per heavy atom. The maximum Gasteiger partial charge on any atom is 0.114 e. The molecule has 1 rings (SSSR count). The lowest BCUT2D eigenvalue weighted by Crippen LogP contribution is -2.35. The van der Waals surface area contributed by atoms with Crippen molar-refractivity contribution in [2.45, 2.75) is 25.6 Å². The molecule has 0 aromatic rings. The van der Waals surface area contributed by atoms with Gasteiger partial charge in [0.05, 0.1) is 0 Å². The average Bonchev–Trinajstić information content (AvgIpc) is 2.30. The summed E-state index contributed by atoms with van der Waals surface area (Å²) in [6.45, 7) is 4.13. The fourth-order valence-electron chi connectivity index (χ4n) is 1.55. The molecule has 0 amide bonds. The summed E-state index contributed by atoms with van der Waals surface area (Å²) in [7, 11) is 0. The third-order valence-corrected chi connectivity index (χ3v) is 2.16. The Labute approximate surface area is 73.3 Å². The predicted molar refractivity (Wildman–Crippen MR) is 46.9 cm³/mol. The van der Waals surface area contributed by atoms with Crippen LogP contribution in [-0.4, -0.2) is 36.7 Å². The van der Waals surface area contributed by atoms with Gasteiger partial charge in [-0.3, -0.25) is 4.90 Å². The van der Waals surface area contributed by atoms with Crippen LogP contribution in [0.3, 0.4) is 0 Å². The normalized spacial score (nSPS) is 31.9. The zero-order valence-electron chi connectivity index (χ0n) is 6.79. The Balaban J connectivity index is 0.000001000. The lowest BCUT2D eigenvalue weighted by molar-refractivity contribution is 0.259. The summed E-state index contributed by atoms with van der Waals surface area (Å²) in [5.74, 6) is 0. The van der Waals surface area contributed by atoms with Crippen LogP contribution in [0.1, 0.15) is 13.3 Å². The van der Waals surface area contributed by atoms with Crippen LogP contribution < -0.4 is 5.73 Å². The number of hydrogen-bond acceptors (Lipinski definition) is 2. The van der Waals surface area contributed by atoms with E-state index in [9.17, 15) is 4.39 Å². The van der Waals surface area contributed by atoms with Crippen molar-refractivity contribution in [1.82, 2.24) is 4.90 Å². The van der Waals surface area contributed by atoms with Gasteiger partial charge in [0.1, 0.15) is 6.17 Å². The van der Waals surface area contributed by atoms with E-state index in [1.54, 1.807) is 0 Å². The zero-order chi connectivity index (χ0) is 7.56. The summed E-state index contributed by atoms with van der Waals surface area (Å²) in [5.41, 5.74) is 5.45. The first-order valence-electron chi connectivity index (χ1n) is 3.86. The highest BCUT2D eigenvalue weighted by molar-refractivity contribution is 5.85. The molecule has 0 aromatic carbocycles. The van der Waals surface area contributed by atoms with Gasteiger partial charge in [0.2, 0.25) is 0 Å². The first-order valence-corrected chi connectivity index (χ1v) is 3.86. The number of likely N-dealkylation sites (tertiary alicyclic amines) is 1. The van der Waals surface area contributed by atoms with Gasteiger partial charge in [-0.1, -0.05) is 6.92 Å². The Morgan fingerprint density at radius 3 is 2.64 bits per heavy atom. The third kappa shape index (κ3) is 2.58. The predicted octanol–water partition coefficient (Wildman–Crippen LogP) is 0.799. The molecule has 0 bridgehead atoms. The molecule has 2 nitrogen and oxygen atoms in total. The summed E-state index contributed by atoms with van der Waals surface area (Å²) in [6.07, 6.45) is -0.0156. The van der Waals surface area contributed by atoms with Gasteiger partial charge in [0.25, 0.3) is 0 Å². The molecule has 0 aromatic heterocycles. The molecule has 1 aliphatic heterocycles. The second kappa shape index (κ2) is 4.91. The Bertz CT molecular complexity index is 101. The Morgan fingerprint density at radius 1 is 1.64 bits per heavy atom. The summed E-state index contributed by atoms with van der Waals surface area (Å²) in [4.78, 5) is 2.10. The lowest BCUT2D eigenvalue weighted by atomic mass is 10.2. The van der Waals surface area contributed by atoms with Crippen LogP contribution in [0.5, 0.6) is 0 Å². The topological polar surface area (TPSA) is 29.3 Å². The second-order valence-electron chi connectivity index (χ2n) is 2.81. The van der Waals surface area contributed by atoms with Crippen LogP contribution in [0, 0.1) is 0 Å². The number of likely N-dealkylation sites (N-methyl/N-ethyl adjacent to an activating group) is 1. The smallest absolute Gasteiger partial charge is 0.114 e. The van der Waals surface area contributed by atoms with Crippen molar-refractivity contribution in [3.8, 4) is 0 Å². The highest BCUT2D eigenvalue weighted by Gasteiger charge is 2.29. The zero-order valence-corrected chi connectivity index (χ0v) is 7.61. The van der Waals surface area contributed by atoms with Crippen LogP contribution in [0.15, 0.2) is 0 Å². The molecule has 1 fully saturated rings. The van der Waals surface area contributed by atoms with Crippen molar-refractivity contribution in [2.75, 3.05) is 19.6 Å². The minimum atomic E-state index is -0.645. The molecule has 0 radical (unpaired) electrons. The van der Waals surface area contributed by atoms with Crippen LogP contribution in [0.4, 0.5) is 4.39 Å². The van der Waals surface area contributed by atoms with E-state index in [-0.39, 0.29) is 12.4 Å². The van der Waals surface area contributed by atoms with E-state index in [1.165, 1.54) is 0 Å². The minimum Gasteiger partial charge on any atom is -0.329 e. The van der Waals surface area contributed by atoms with Gasteiger partial charge >= 0.3 is 0 Å². The largest absolute Gasteiger partial charge is 0.329 e. The van der Waals surface area contributed by atoms with Crippen molar-refractivity contribution in [3.05, 3.63) is 0 Å². The minimum absolute atomic E-state index is 0.